The highest BCUT2D eigenvalue weighted by Crippen LogP contribution is 2.38. The van der Waals surface area contributed by atoms with Crippen LogP contribution in [0.15, 0.2) is 54.9 Å². The van der Waals surface area contributed by atoms with Gasteiger partial charge in [0.05, 0.1) is 4.92 Å². The van der Waals surface area contributed by atoms with Crippen LogP contribution in [0.2, 0.25) is 0 Å². The Bertz CT molecular complexity index is 1100. The van der Waals surface area contributed by atoms with Crippen molar-refractivity contribution >= 4 is 28.7 Å². The number of aromatic nitrogens is 2. The van der Waals surface area contributed by atoms with Gasteiger partial charge in [-0.1, -0.05) is 12.1 Å². The Morgan fingerprint density at radius 3 is 2.38 bits per heavy atom. The molecule has 0 atom stereocenters. The normalized spacial score (nSPS) is 13.8. The standard InChI is InChI=1S/C23H25FN6O2/c1-3-29(20-6-4-5-17(2)15-20)23-21(30(31)32)22(25-16-26-23)28-13-11-27(12-14-28)19-9-7-18(24)8-10-19/h4-10,15-16H,3,11-14H2,1-2H3. The summed E-state index contributed by atoms with van der Waals surface area (Å²) in [5, 5.41) is 12.1. The number of hydrogen-bond donors (Lipinski definition) is 0. The minimum absolute atomic E-state index is 0.0916. The summed E-state index contributed by atoms with van der Waals surface area (Å²) in [4.78, 5) is 26.3. The van der Waals surface area contributed by atoms with Gasteiger partial charge < -0.3 is 14.7 Å². The molecule has 0 saturated carbocycles. The Morgan fingerprint density at radius 1 is 1.06 bits per heavy atom. The molecule has 0 bridgehead atoms. The van der Waals surface area contributed by atoms with Gasteiger partial charge >= 0.3 is 5.69 Å². The van der Waals surface area contributed by atoms with Crippen molar-refractivity contribution in [3.05, 3.63) is 76.4 Å². The molecule has 0 unspecified atom stereocenters. The van der Waals surface area contributed by atoms with Crippen LogP contribution in [-0.4, -0.2) is 47.6 Å². The zero-order chi connectivity index (χ0) is 22.7. The largest absolute Gasteiger partial charge is 0.368 e. The molecule has 0 spiro atoms. The van der Waals surface area contributed by atoms with Crippen molar-refractivity contribution in [2.24, 2.45) is 0 Å². The molecule has 3 aromatic rings. The Kier molecular flexibility index (Phi) is 6.16. The number of benzene rings is 2. The summed E-state index contributed by atoms with van der Waals surface area (Å²) in [5.74, 6) is 0.338. The minimum atomic E-state index is -0.393. The third-order valence-corrected chi connectivity index (χ3v) is 5.62. The van der Waals surface area contributed by atoms with Crippen LogP contribution in [0.1, 0.15) is 12.5 Å². The van der Waals surface area contributed by atoms with Crippen molar-refractivity contribution in [3.8, 4) is 0 Å². The molecule has 0 aliphatic carbocycles. The van der Waals surface area contributed by atoms with Crippen LogP contribution in [0, 0.1) is 22.9 Å². The van der Waals surface area contributed by atoms with Gasteiger partial charge in [0.15, 0.2) is 0 Å². The van der Waals surface area contributed by atoms with Crippen LogP contribution < -0.4 is 14.7 Å². The molecule has 166 valence electrons. The first-order valence-electron chi connectivity index (χ1n) is 10.6. The van der Waals surface area contributed by atoms with Gasteiger partial charge in [0, 0.05) is 44.1 Å². The van der Waals surface area contributed by atoms with Crippen molar-refractivity contribution in [1.82, 2.24) is 9.97 Å². The molecule has 2 aromatic carbocycles. The van der Waals surface area contributed by atoms with Gasteiger partial charge in [0.25, 0.3) is 0 Å². The lowest BCUT2D eigenvalue weighted by molar-refractivity contribution is -0.383. The molecule has 2 heterocycles. The Balaban J connectivity index is 1.62. The number of nitrogens with zero attached hydrogens (tertiary/aromatic N) is 6. The van der Waals surface area contributed by atoms with E-state index in [1.807, 2.05) is 47.9 Å². The van der Waals surface area contributed by atoms with Crippen LogP contribution in [0.25, 0.3) is 0 Å². The maximum absolute atomic E-state index is 13.2. The van der Waals surface area contributed by atoms with Gasteiger partial charge in [-0.2, -0.15) is 0 Å². The highest BCUT2D eigenvalue weighted by molar-refractivity contribution is 5.76. The third kappa shape index (κ3) is 4.32. The molecule has 1 aromatic heterocycles. The quantitative estimate of drug-likeness (QED) is 0.421. The molecule has 1 aliphatic heterocycles. The molecule has 8 nitrogen and oxygen atoms in total. The van der Waals surface area contributed by atoms with Crippen LogP contribution in [0.4, 0.5) is 33.1 Å². The van der Waals surface area contributed by atoms with E-state index in [0.717, 1.165) is 16.9 Å². The molecule has 9 heteroatoms. The monoisotopic (exact) mass is 436 g/mol. The van der Waals surface area contributed by atoms with Gasteiger partial charge in [-0.05, 0) is 55.8 Å². The summed E-state index contributed by atoms with van der Waals surface area (Å²) in [5.41, 5.74) is 2.75. The summed E-state index contributed by atoms with van der Waals surface area (Å²) in [6.45, 7) is 6.87. The highest BCUT2D eigenvalue weighted by Gasteiger charge is 2.31. The molecule has 0 N–H and O–H groups in total. The zero-order valence-corrected chi connectivity index (χ0v) is 18.1. The van der Waals surface area contributed by atoms with Crippen molar-refractivity contribution < 1.29 is 9.31 Å². The van der Waals surface area contributed by atoms with E-state index >= 15 is 0 Å². The van der Waals surface area contributed by atoms with Gasteiger partial charge in [-0.25, -0.2) is 14.4 Å². The first kappa shape index (κ1) is 21.5. The van der Waals surface area contributed by atoms with Crippen molar-refractivity contribution in [1.29, 1.82) is 0 Å². The first-order valence-corrected chi connectivity index (χ1v) is 10.6. The maximum atomic E-state index is 13.2. The van der Waals surface area contributed by atoms with Crippen LogP contribution in [0.5, 0.6) is 0 Å². The van der Waals surface area contributed by atoms with Crippen molar-refractivity contribution in [3.63, 3.8) is 0 Å². The number of piperazine rings is 1. The topological polar surface area (TPSA) is 78.6 Å². The van der Waals surface area contributed by atoms with Gasteiger partial charge in [-0.3, -0.25) is 10.1 Å². The summed E-state index contributed by atoms with van der Waals surface area (Å²) in [7, 11) is 0. The van der Waals surface area contributed by atoms with Gasteiger partial charge in [0.2, 0.25) is 11.6 Å². The lowest BCUT2D eigenvalue weighted by Crippen LogP contribution is -2.47. The second kappa shape index (κ2) is 9.17. The Hall–Kier alpha value is -3.75. The van der Waals surface area contributed by atoms with Crippen LogP contribution >= 0.6 is 0 Å². The van der Waals surface area contributed by atoms with E-state index in [1.54, 1.807) is 12.1 Å². The number of hydrogen-bond acceptors (Lipinski definition) is 7. The second-order valence-corrected chi connectivity index (χ2v) is 7.66. The van der Waals surface area contributed by atoms with E-state index in [2.05, 4.69) is 14.9 Å². The molecule has 32 heavy (non-hydrogen) atoms. The lowest BCUT2D eigenvalue weighted by Gasteiger charge is -2.36. The Morgan fingerprint density at radius 2 is 1.75 bits per heavy atom. The molecule has 0 amide bonds. The van der Waals surface area contributed by atoms with E-state index in [0.29, 0.717) is 38.5 Å². The van der Waals surface area contributed by atoms with Gasteiger partial charge in [0.1, 0.15) is 12.1 Å². The van der Waals surface area contributed by atoms with E-state index < -0.39 is 4.92 Å². The second-order valence-electron chi connectivity index (χ2n) is 7.66. The summed E-state index contributed by atoms with van der Waals surface area (Å²) in [6.07, 6.45) is 1.39. The molecule has 1 saturated heterocycles. The first-order chi connectivity index (χ1) is 15.5. The molecular weight excluding hydrogens is 411 g/mol. The van der Waals surface area contributed by atoms with Crippen LogP contribution in [0.3, 0.4) is 0 Å². The Labute approximate surface area is 186 Å². The van der Waals surface area contributed by atoms with Gasteiger partial charge in [-0.15, -0.1) is 0 Å². The summed E-state index contributed by atoms with van der Waals surface area (Å²) in [6, 6.07) is 14.2. The molecule has 1 aliphatic rings. The summed E-state index contributed by atoms with van der Waals surface area (Å²) < 4.78 is 13.2. The molecule has 1 fully saturated rings. The SMILES string of the molecule is CCN(c1cccc(C)c1)c1ncnc(N2CCN(c3ccc(F)cc3)CC2)c1[N+](=O)[O-]. The predicted molar refractivity (Wildman–Crippen MR) is 123 cm³/mol. The fourth-order valence-corrected chi connectivity index (χ4v) is 4.03. The zero-order valence-electron chi connectivity index (χ0n) is 18.1. The fraction of sp³-hybridized carbons (Fsp3) is 0.304. The van der Waals surface area contributed by atoms with Crippen molar-refractivity contribution in [2.45, 2.75) is 13.8 Å². The molecular formula is C23H25FN6O2. The van der Waals surface area contributed by atoms with Crippen molar-refractivity contribution in [2.75, 3.05) is 47.4 Å². The number of halogens is 1. The van der Waals surface area contributed by atoms with Crippen LogP contribution in [-0.2, 0) is 0 Å². The van der Waals surface area contributed by atoms with E-state index in [4.69, 9.17) is 0 Å². The van der Waals surface area contributed by atoms with E-state index in [1.165, 1.54) is 18.5 Å². The number of aryl methyl sites for hydroxylation is 1. The average molecular weight is 436 g/mol. The van der Waals surface area contributed by atoms with E-state index in [9.17, 15) is 14.5 Å². The fourth-order valence-electron chi connectivity index (χ4n) is 4.03. The number of rotatable bonds is 6. The van der Waals surface area contributed by atoms with E-state index in [-0.39, 0.29) is 17.3 Å². The third-order valence-electron chi connectivity index (χ3n) is 5.62. The summed E-state index contributed by atoms with van der Waals surface area (Å²) >= 11 is 0. The smallest absolute Gasteiger partial charge is 0.353 e. The lowest BCUT2D eigenvalue weighted by atomic mass is 10.2. The molecule has 4 rings (SSSR count). The number of anilines is 4. The maximum Gasteiger partial charge on any atom is 0.353 e. The average Bonchev–Trinajstić information content (AvgIpc) is 2.80. The highest BCUT2D eigenvalue weighted by atomic mass is 19.1. The minimum Gasteiger partial charge on any atom is -0.368 e. The predicted octanol–water partition coefficient (Wildman–Crippen LogP) is 4.32. The molecule has 0 radical (unpaired) electrons. The number of nitro groups is 1.